The van der Waals surface area contributed by atoms with E-state index in [1.807, 2.05) is 0 Å². The standard InChI is InChI=1S/C12H17NO5S2/c14-8-10-2-1-3-12(6-10)20(17,18)13-7-11-4-5-19(15,16)9-11/h1-3,6,11,13-14H,4-5,7-9H2. The second kappa shape index (κ2) is 5.80. The number of rotatable bonds is 5. The Hall–Kier alpha value is -0.960. The lowest BCUT2D eigenvalue weighted by atomic mass is 10.1. The molecule has 1 aliphatic heterocycles. The van der Waals surface area contributed by atoms with Crippen molar-refractivity contribution in [2.24, 2.45) is 5.92 Å². The van der Waals surface area contributed by atoms with Crippen LogP contribution < -0.4 is 4.72 Å². The maximum Gasteiger partial charge on any atom is 0.240 e. The summed E-state index contributed by atoms with van der Waals surface area (Å²) in [5.41, 5.74) is 0.510. The van der Waals surface area contributed by atoms with E-state index in [0.717, 1.165) is 0 Å². The number of hydrogen-bond donors (Lipinski definition) is 2. The van der Waals surface area contributed by atoms with Gasteiger partial charge in [0.25, 0.3) is 0 Å². The summed E-state index contributed by atoms with van der Waals surface area (Å²) in [5, 5.41) is 9.01. The minimum Gasteiger partial charge on any atom is -0.392 e. The normalized spacial score (nSPS) is 21.9. The lowest BCUT2D eigenvalue weighted by Gasteiger charge is -2.11. The molecular weight excluding hydrogens is 302 g/mol. The van der Waals surface area contributed by atoms with Crippen LogP contribution in [0.5, 0.6) is 0 Å². The number of nitrogens with one attached hydrogen (secondary N) is 1. The number of aliphatic hydroxyl groups excluding tert-OH is 1. The highest BCUT2D eigenvalue weighted by atomic mass is 32.2. The Morgan fingerprint density at radius 3 is 2.70 bits per heavy atom. The molecule has 6 nitrogen and oxygen atoms in total. The lowest BCUT2D eigenvalue weighted by molar-refractivity contribution is 0.281. The first-order chi connectivity index (χ1) is 9.32. The quantitative estimate of drug-likeness (QED) is 0.789. The molecule has 2 rings (SSSR count). The van der Waals surface area contributed by atoms with Crippen LogP contribution in [0, 0.1) is 5.92 Å². The fourth-order valence-electron chi connectivity index (χ4n) is 2.15. The van der Waals surface area contributed by atoms with E-state index >= 15 is 0 Å². The number of sulfone groups is 1. The first-order valence-corrected chi connectivity index (χ1v) is 9.53. The molecule has 0 spiro atoms. The van der Waals surface area contributed by atoms with Crippen molar-refractivity contribution in [1.29, 1.82) is 0 Å². The zero-order valence-electron chi connectivity index (χ0n) is 10.8. The Labute approximate surface area is 118 Å². The van der Waals surface area contributed by atoms with Crippen LogP contribution in [0.4, 0.5) is 0 Å². The van der Waals surface area contributed by atoms with E-state index < -0.39 is 19.9 Å². The monoisotopic (exact) mass is 319 g/mol. The maximum atomic E-state index is 12.1. The zero-order valence-corrected chi connectivity index (χ0v) is 12.5. The van der Waals surface area contributed by atoms with Crippen LogP contribution >= 0.6 is 0 Å². The predicted molar refractivity (Wildman–Crippen MR) is 74.3 cm³/mol. The number of benzene rings is 1. The first kappa shape index (κ1) is 15.4. The third-order valence-corrected chi connectivity index (χ3v) is 6.54. The van der Waals surface area contributed by atoms with Crippen LogP contribution in [0.3, 0.4) is 0 Å². The summed E-state index contributed by atoms with van der Waals surface area (Å²) in [6.07, 6.45) is 0.488. The molecule has 2 N–H and O–H groups in total. The average Bonchev–Trinajstić information content (AvgIpc) is 2.76. The van der Waals surface area contributed by atoms with Gasteiger partial charge in [-0.15, -0.1) is 0 Å². The molecule has 0 aromatic heterocycles. The van der Waals surface area contributed by atoms with Gasteiger partial charge < -0.3 is 5.11 Å². The highest BCUT2D eigenvalue weighted by Gasteiger charge is 2.28. The van der Waals surface area contributed by atoms with E-state index in [1.165, 1.54) is 12.1 Å². The summed E-state index contributed by atoms with van der Waals surface area (Å²) in [4.78, 5) is 0.0740. The molecule has 1 atom stereocenters. The van der Waals surface area contributed by atoms with Gasteiger partial charge in [0.15, 0.2) is 9.84 Å². The summed E-state index contributed by atoms with van der Waals surface area (Å²) in [7, 11) is -6.68. The van der Waals surface area contributed by atoms with Gasteiger partial charge >= 0.3 is 0 Å². The van der Waals surface area contributed by atoms with E-state index in [2.05, 4.69) is 4.72 Å². The molecule has 1 aromatic carbocycles. The minimum absolute atomic E-state index is 0.0339. The second-order valence-electron chi connectivity index (χ2n) is 4.93. The molecule has 0 amide bonds. The van der Waals surface area contributed by atoms with Crippen LogP contribution in [0.25, 0.3) is 0 Å². The van der Waals surface area contributed by atoms with Crippen LogP contribution in [-0.4, -0.2) is 40.0 Å². The molecule has 1 aliphatic rings. The van der Waals surface area contributed by atoms with Gasteiger partial charge in [-0.1, -0.05) is 12.1 Å². The average molecular weight is 319 g/mol. The smallest absolute Gasteiger partial charge is 0.240 e. The molecule has 20 heavy (non-hydrogen) atoms. The number of sulfonamides is 1. The molecule has 0 saturated carbocycles. The molecule has 1 heterocycles. The molecule has 1 fully saturated rings. The summed E-state index contributed by atoms with van der Waals surface area (Å²) in [5.74, 6) is -0.0122. The van der Waals surface area contributed by atoms with Crippen molar-refractivity contribution >= 4 is 19.9 Å². The Morgan fingerprint density at radius 2 is 2.10 bits per heavy atom. The molecule has 1 unspecified atom stereocenters. The predicted octanol–water partition coefficient (Wildman–Crippen LogP) is -0.108. The van der Waals surface area contributed by atoms with Gasteiger partial charge in [-0.3, -0.25) is 0 Å². The Bertz CT molecular complexity index is 682. The van der Waals surface area contributed by atoms with Gasteiger partial charge in [0.2, 0.25) is 10.0 Å². The third kappa shape index (κ3) is 3.78. The van der Waals surface area contributed by atoms with Gasteiger partial charge in [0.1, 0.15) is 0 Å². The van der Waals surface area contributed by atoms with Gasteiger partial charge in [-0.25, -0.2) is 21.6 Å². The minimum atomic E-state index is -3.67. The van der Waals surface area contributed by atoms with Crippen LogP contribution in [0.2, 0.25) is 0 Å². The van der Waals surface area contributed by atoms with Crippen molar-refractivity contribution in [3.05, 3.63) is 29.8 Å². The van der Waals surface area contributed by atoms with E-state index in [0.29, 0.717) is 12.0 Å². The molecule has 0 aliphatic carbocycles. The molecule has 112 valence electrons. The zero-order chi connectivity index (χ0) is 14.8. The summed E-state index contributed by atoms with van der Waals surface area (Å²) in [6.45, 7) is -0.116. The Balaban J connectivity index is 2.04. The van der Waals surface area contributed by atoms with Crippen LogP contribution in [0.1, 0.15) is 12.0 Å². The summed E-state index contributed by atoms with van der Waals surface area (Å²) >= 11 is 0. The third-order valence-electron chi connectivity index (χ3n) is 3.28. The summed E-state index contributed by atoms with van der Waals surface area (Å²) in [6, 6.07) is 6.02. The molecule has 8 heteroatoms. The fourth-order valence-corrected chi connectivity index (χ4v) is 5.20. The van der Waals surface area contributed by atoms with E-state index in [9.17, 15) is 16.8 Å². The van der Waals surface area contributed by atoms with E-state index in [4.69, 9.17) is 5.11 Å². The van der Waals surface area contributed by atoms with Crippen molar-refractivity contribution < 1.29 is 21.9 Å². The highest BCUT2D eigenvalue weighted by molar-refractivity contribution is 7.91. The number of aliphatic hydroxyl groups is 1. The molecule has 1 aromatic rings. The van der Waals surface area contributed by atoms with Crippen molar-refractivity contribution in [2.45, 2.75) is 17.9 Å². The number of hydrogen-bond acceptors (Lipinski definition) is 5. The van der Waals surface area contributed by atoms with Gasteiger partial charge in [-0.05, 0) is 30.0 Å². The van der Waals surface area contributed by atoms with E-state index in [-0.39, 0.29) is 35.5 Å². The van der Waals surface area contributed by atoms with Crippen LogP contribution in [0.15, 0.2) is 29.2 Å². The van der Waals surface area contributed by atoms with Crippen molar-refractivity contribution in [2.75, 3.05) is 18.1 Å². The maximum absolute atomic E-state index is 12.1. The molecule has 0 radical (unpaired) electrons. The Morgan fingerprint density at radius 1 is 1.35 bits per heavy atom. The molecule has 0 bridgehead atoms. The van der Waals surface area contributed by atoms with E-state index in [1.54, 1.807) is 12.1 Å². The van der Waals surface area contributed by atoms with Crippen molar-refractivity contribution in [1.82, 2.24) is 4.72 Å². The van der Waals surface area contributed by atoms with Gasteiger partial charge in [0.05, 0.1) is 23.0 Å². The Kier molecular flexibility index (Phi) is 4.48. The van der Waals surface area contributed by atoms with Crippen molar-refractivity contribution in [3.8, 4) is 0 Å². The van der Waals surface area contributed by atoms with Crippen molar-refractivity contribution in [3.63, 3.8) is 0 Å². The van der Waals surface area contributed by atoms with Gasteiger partial charge in [0, 0.05) is 6.54 Å². The van der Waals surface area contributed by atoms with Gasteiger partial charge in [-0.2, -0.15) is 0 Å². The largest absolute Gasteiger partial charge is 0.392 e. The highest BCUT2D eigenvalue weighted by Crippen LogP contribution is 2.18. The molecule has 1 saturated heterocycles. The SMILES string of the molecule is O=S1(=O)CCC(CNS(=O)(=O)c2cccc(CO)c2)C1. The fraction of sp³-hybridized carbons (Fsp3) is 0.500. The van der Waals surface area contributed by atoms with Crippen LogP contribution in [-0.2, 0) is 26.5 Å². The second-order valence-corrected chi connectivity index (χ2v) is 8.92. The molecular formula is C12H17NO5S2. The summed E-state index contributed by atoms with van der Waals surface area (Å²) < 4.78 is 49.2. The topological polar surface area (TPSA) is 101 Å². The first-order valence-electron chi connectivity index (χ1n) is 6.22. The lowest BCUT2D eigenvalue weighted by Crippen LogP contribution is -2.30.